The summed E-state index contributed by atoms with van der Waals surface area (Å²) in [6.45, 7) is 3.61. The maximum absolute atomic E-state index is 11.3. The van der Waals surface area contributed by atoms with Gasteiger partial charge in [-0.15, -0.1) is 0 Å². The fourth-order valence-electron chi connectivity index (χ4n) is 2.49. The maximum Gasteiger partial charge on any atom is 0.309 e. The van der Waals surface area contributed by atoms with E-state index in [0.717, 1.165) is 18.6 Å². The van der Waals surface area contributed by atoms with Gasteiger partial charge in [-0.25, -0.2) is 0 Å². The van der Waals surface area contributed by atoms with Crippen LogP contribution in [-0.4, -0.2) is 18.2 Å². The minimum Gasteiger partial charge on any atom is -0.496 e. The Hall–Kier alpha value is -1.51. The first kappa shape index (κ1) is 12.0. The van der Waals surface area contributed by atoms with Crippen molar-refractivity contribution >= 4 is 5.97 Å². The Morgan fingerprint density at radius 1 is 1.41 bits per heavy atom. The molecule has 0 bridgehead atoms. The number of carboxylic acids is 1. The Kier molecular flexibility index (Phi) is 2.86. The molecule has 0 spiro atoms. The van der Waals surface area contributed by atoms with Crippen molar-refractivity contribution in [2.75, 3.05) is 7.11 Å². The molecule has 0 aromatic heterocycles. The largest absolute Gasteiger partial charge is 0.496 e. The van der Waals surface area contributed by atoms with Gasteiger partial charge in [0.15, 0.2) is 0 Å². The summed E-state index contributed by atoms with van der Waals surface area (Å²) in [6, 6.07) is 5.97. The molecule has 0 saturated heterocycles. The lowest BCUT2D eigenvalue weighted by atomic mass is 9.77. The molecule has 1 aliphatic rings. The number of carbonyl (C=O) groups is 1. The van der Waals surface area contributed by atoms with Gasteiger partial charge < -0.3 is 9.84 Å². The molecule has 2 rings (SSSR count). The molecule has 92 valence electrons. The molecule has 0 fully saturated rings. The summed E-state index contributed by atoms with van der Waals surface area (Å²) in [5, 5.41) is 9.28. The number of aliphatic carboxylic acids is 1. The number of rotatable bonds is 3. The van der Waals surface area contributed by atoms with E-state index in [-0.39, 0.29) is 5.92 Å². The predicted molar refractivity (Wildman–Crippen MR) is 65.3 cm³/mol. The summed E-state index contributed by atoms with van der Waals surface area (Å²) >= 11 is 0. The van der Waals surface area contributed by atoms with Crippen LogP contribution in [-0.2, 0) is 17.6 Å². The number of benzene rings is 1. The van der Waals surface area contributed by atoms with Gasteiger partial charge in [0.2, 0.25) is 0 Å². The normalized spacial score (nSPS) is 18.9. The monoisotopic (exact) mass is 234 g/mol. The Balaban J connectivity index is 2.30. The number of methoxy groups -OCH3 is 1. The molecule has 1 atom stereocenters. The second-order valence-corrected chi connectivity index (χ2v) is 5.23. The average molecular weight is 234 g/mol. The van der Waals surface area contributed by atoms with Crippen LogP contribution in [0.5, 0.6) is 5.75 Å². The van der Waals surface area contributed by atoms with E-state index < -0.39 is 11.4 Å². The molecule has 1 aliphatic carbocycles. The fourth-order valence-corrected chi connectivity index (χ4v) is 2.49. The summed E-state index contributed by atoms with van der Waals surface area (Å²) in [6.07, 6.45) is 1.62. The van der Waals surface area contributed by atoms with E-state index in [0.29, 0.717) is 0 Å². The molecular formula is C14H18O3. The quantitative estimate of drug-likeness (QED) is 0.874. The predicted octanol–water partition coefficient (Wildman–Crippen LogP) is 2.52. The van der Waals surface area contributed by atoms with Gasteiger partial charge in [0.05, 0.1) is 12.5 Å². The Morgan fingerprint density at radius 3 is 2.71 bits per heavy atom. The van der Waals surface area contributed by atoms with Crippen molar-refractivity contribution < 1.29 is 14.6 Å². The maximum atomic E-state index is 11.3. The molecule has 0 aliphatic heterocycles. The van der Waals surface area contributed by atoms with Crippen LogP contribution in [0.25, 0.3) is 0 Å². The Labute approximate surface area is 101 Å². The lowest BCUT2D eigenvalue weighted by molar-refractivity contribution is -0.149. The highest BCUT2D eigenvalue weighted by molar-refractivity contribution is 5.74. The van der Waals surface area contributed by atoms with Gasteiger partial charge in [-0.05, 0) is 49.8 Å². The topological polar surface area (TPSA) is 46.5 Å². The SMILES string of the molecule is COc1cccc2c1CC(C(C)(C)C(=O)O)C2. The van der Waals surface area contributed by atoms with Crippen LogP contribution < -0.4 is 4.74 Å². The number of ether oxygens (including phenoxy) is 1. The smallest absolute Gasteiger partial charge is 0.309 e. The van der Waals surface area contributed by atoms with Crippen molar-refractivity contribution in [3.05, 3.63) is 29.3 Å². The summed E-state index contributed by atoms with van der Waals surface area (Å²) in [4.78, 5) is 11.3. The van der Waals surface area contributed by atoms with E-state index in [1.54, 1.807) is 21.0 Å². The van der Waals surface area contributed by atoms with Gasteiger partial charge in [0, 0.05) is 0 Å². The lowest BCUT2D eigenvalue weighted by Gasteiger charge is -2.26. The van der Waals surface area contributed by atoms with Crippen molar-refractivity contribution in [3.8, 4) is 5.75 Å². The fraction of sp³-hybridized carbons (Fsp3) is 0.500. The minimum atomic E-state index is -0.728. The third-order valence-corrected chi connectivity index (χ3v) is 3.94. The molecule has 0 amide bonds. The zero-order chi connectivity index (χ0) is 12.6. The summed E-state index contributed by atoms with van der Waals surface area (Å²) in [7, 11) is 1.66. The van der Waals surface area contributed by atoms with Gasteiger partial charge >= 0.3 is 5.97 Å². The van der Waals surface area contributed by atoms with E-state index >= 15 is 0 Å². The van der Waals surface area contributed by atoms with E-state index in [4.69, 9.17) is 4.74 Å². The zero-order valence-corrected chi connectivity index (χ0v) is 10.5. The molecule has 3 heteroatoms. The van der Waals surface area contributed by atoms with E-state index in [9.17, 15) is 9.90 Å². The van der Waals surface area contributed by atoms with Crippen molar-refractivity contribution in [1.29, 1.82) is 0 Å². The van der Waals surface area contributed by atoms with Crippen LogP contribution in [0.1, 0.15) is 25.0 Å². The highest BCUT2D eigenvalue weighted by atomic mass is 16.5. The molecule has 0 radical (unpaired) electrons. The van der Waals surface area contributed by atoms with Gasteiger partial charge in [0.1, 0.15) is 5.75 Å². The van der Waals surface area contributed by atoms with Crippen LogP contribution in [0.15, 0.2) is 18.2 Å². The number of carboxylic acid groups (broad SMARTS) is 1. The third-order valence-electron chi connectivity index (χ3n) is 3.94. The van der Waals surface area contributed by atoms with E-state index in [1.807, 2.05) is 12.1 Å². The molecule has 1 unspecified atom stereocenters. The first-order valence-corrected chi connectivity index (χ1v) is 5.85. The molecular weight excluding hydrogens is 216 g/mol. The zero-order valence-electron chi connectivity index (χ0n) is 10.5. The molecule has 3 nitrogen and oxygen atoms in total. The molecule has 17 heavy (non-hydrogen) atoms. The van der Waals surface area contributed by atoms with Crippen LogP contribution >= 0.6 is 0 Å². The first-order chi connectivity index (χ1) is 7.96. The van der Waals surface area contributed by atoms with Gasteiger partial charge in [-0.1, -0.05) is 12.1 Å². The number of hydrogen-bond donors (Lipinski definition) is 1. The number of fused-ring (bicyclic) bond motifs is 1. The van der Waals surface area contributed by atoms with E-state index in [1.165, 1.54) is 11.1 Å². The highest BCUT2D eigenvalue weighted by Crippen LogP contribution is 2.41. The standard InChI is InChI=1S/C14H18O3/c1-14(2,13(15)16)10-7-9-5-4-6-12(17-3)11(9)8-10/h4-6,10H,7-8H2,1-3H3,(H,15,16). The lowest BCUT2D eigenvalue weighted by Crippen LogP contribution is -2.33. The molecule has 0 saturated carbocycles. The van der Waals surface area contributed by atoms with Crippen molar-refractivity contribution in [2.45, 2.75) is 26.7 Å². The third kappa shape index (κ3) is 1.90. The second-order valence-electron chi connectivity index (χ2n) is 5.23. The van der Waals surface area contributed by atoms with Crippen molar-refractivity contribution in [2.24, 2.45) is 11.3 Å². The van der Waals surface area contributed by atoms with Crippen LogP contribution in [0.3, 0.4) is 0 Å². The van der Waals surface area contributed by atoms with E-state index in [2.05, 4.69) is 6.07 Å². The minimum absolute atomic E-state index is 0.145. The molecule has 1 aromatic rings. The average Bonchev–Trinajstić information content (AvgIpc) is 2.72. The van der Waals surface area contributed by atoms with Crippen LogP contribution in [0, 0.1) is 11.3 Å². The van der Waals surface area contributed by atoms with Crippen LogP contribution in [0.2, 0.25) is 0 Å². The number of hydrogen-bond acceptors (Lipinski definition) is 2. The highest BCUT2D eigenvalue weighted by Gasteiger charge is 2.40. The first-order valence-electron chi connectivity index (χ1n) is 5.85. The summed E-state index contributed by atoms with van der Waals surface area (Å²) in [5.41, 5.74) is 1.71. The Morgan fingerprint density at radius 2 is 2.12 bits per heavy atom. The Bertz CT molecular complexity index is 449. The molecule has 1 N–H and O–H groups in total. The van der Waals surface area contributed by atoms with Gasteiger partial charge in [-0.2, -0.15) is 0 Å². The summed E-state index contributed by atoms with van der Waals surface area (Å²) in [5.74, 6) is 0.298. The van der Waals surface area contributed by atoms with Crippen molar-refractivity contribution in [1.82, 2.24) is 0 Å². The molecule has 0 heterocycles. The summed E-state index contributed by atoms with van der Waals surface area (Å²) < 4.78 is 5.33. The van der Waals surface area contributed by atoms with Crippen molar-refractivity contribution in [3.63, 3.8) is 0 Å². The second kappa shape index (κ2) is 4.06. The van der Waals surface area contributed by atoms with Crippen LogP contribution in [0.4, 0.5) is 0 Å². The molecule has 1 aromatic carbocycles. The van der Waals surface area contributed by atoms with Gasteiger partial charge in [-0.3, -0.25) is 4.79 Å². The van der Waals surface area contributed by atoms with Gasteiger partial charge in [0.25, 0.3) is 0 Å².